The smallest absolute Gasteiger partial charge is 0.244 e. The number of benzene rings is 1. The van der Waals surface area contributed by atoms with E-state index in [1.165, 1.54) is 0 Å². The third kappa shape index (κ3) is 4.20. The van der Waals surface area contributed by atoms with Gasteiger partial charge in [0, 0.05) is 13.2 Å². The van der Waals surface area contributed by atoms with Gasteiger partial charge in [0.25, 0.3) is 0 Å². The topological polar surface area (TPSA) is 64.4 Å². The van der Waals surface area contributed by atoms with Crippen LogP contribution >= 0.6 is 12.4 Å². The number of carbonyl (C=O) groups excluding carboxylic acids is 1. The zero-order valence-electron chi connectivity index (χ0n) is 11.8. The molecule has 0 radical (unpaired) electrons. The highest BCUT2D eigenvalue weighted by Gasteiger charge is 2.30. The van der Waals surface area contributed by atoms with E-state index in [-0.39, 0.29) is 18.3 Å². The normalized spacial score (nSPS) is 21.4. The van der Waals surface area contributed by atoms with Gasteiger partial charge in [0.2, 0.25) is 5.91 Å². The minimum Gasteiger partial charge on any atom is -0.381 e. The molecule has 20 heavy (non-hydrogen) atoms. The molecule has 0 aromatic heterocycles. The fourth-order valence-electron chi connectivity index (χ4n) is 2.30. The lowest BCUT2D eigenvalue weighted by atomic mass is 9.92. The van der Waals surface area contributed by atoms with Crippen LogP contribution in [-0.4, -0.2) is 25.7 Å². The molecule has 2 rings (SSSR count). The van der Waals surface area contributed by atoms with Gasteiger partial charge in [0.05, 0.1) is 6.61 Å². The standard InChI is InChI=1S/C15H22N2O2.ClH/c1-15(16,13-7-3-2-4-8-13)14(18)17-10-12-6-5-9-19-11-12;/h2-4,7-8,12H,5-6,9-11,16H2,1H3,(H,17,18);1H. The number of nitrogens with two attached hydrogens (primary N) is 1. The lowest BCUT2D eigenvalue weighted by Crippen LogP contribution is -2.50. The van der Waals surface area contributed by atoms with Gasteiger partial charge in [-0.3, -0.25) is 4.79 Å². The Morgan fingerprint density at radius 3 is 2.75 bits per heavy atom. The van der Waals surface area contributed by atoms with Gasteiger partial charge >= 0.3 is 0 Å². The molecule has 1 saturated heterocycles. The molecule has 0 spiro atoms. The molecule has 4 nitrogen and oxygen atoms in total. The predicted octanol–water partition coefficient (Wildman–Crippen LogP) is 1.83. The molecule has 1 heterocycles. The van der Waals surface area contributed by atoms with Gasteiger partial charge in [0.1, 0.15) is 5.54 Å². The number of hydrogen-bond acceptors (Lipinski definition) is 3. The quantitative estimate of drug-likeness (QED) is 0.891. The summed E-state index contributed by atoms with van der Waals surface area (Å²) in [7, 11) is 0. The Morgan fingerprint density at radius 1 is 1.45 bits per heavy atom. The van der Waals surface area contributed by atoms with Crippen LogP contribution in [0, 0.1) is 5.92 Å². The average Bonchev–Trinajstić information content (AvgIpc) is 2.46. The maximum Gasteiger partial charge on any atom is 0.244 e. The van der Waals surface area contributed by atoms with Gasteiger partial charge in [-0.15, -0.1) is 12.4 Å². The molecule has 1 aromatic rings. The van der Waals surface area contributed by atoms with Gasteiger partial charge < -0.3 is 15.8 Å². The van der Waals surface area contributed by atoms with Crippen LogP contribution < -0.4 is 11.1 Å². The second kappa shape index (κ2) is 7.62. The highest BCUT2D eigenvalue weighted by atomic mass is 35.5. The van der Waals surface area contributed by atoms with Crippen LogP contribution in [0.1, 0.15) is 25.3 Å². The summed E-state index contributed by atoms with van der Waals surface area (Å²) in [5, 5.41) is 2.95. The van der Waals surface area contributed by atoms with E-state index in [1.807, 2.05) is 30.3 Å². The summed E-state index contributed by atoms with van der Waals surface area (Å²) in [4.78, 5) is 12.2. The summed E-state index contributed by atoms with van der Waals surface area (Å²) in [6.45, 7) is 3.95. The summed E-state index contributed by atoms with van der Waals surface area (Å²) in [6.07, 6.45) is 2.17. The molecular weight excluding hydrogens is 276 g/mol. The second-order valence-corrected chi connectivity index (χ2v) is 5.36. The number of nitrogens with one attached hydrogen (secondary N) is 1. The number of ether oxygens (including phenoxy) is 1. The van der Waals surface area contributed by atoms with E-state index in [4.69, 9.17) is 10.5 Å². The molecule has 1 aromatic carbocycles. The summed E-state index contributed by atoms with van der Waals surface area (Å²) in [5.41, 5.74) is 5.99. The van der Waals surface area contributed by atoms with Gasteiger partial charge in [0.15, 0.2) is 0 Å². The molecule has 2 unspecified atom stereocenters. The first-order chi connectivity index (χ1) is 9.10. The molecule has 1 aliphatic heterocycles. The van der Waals surface area contributed by atoms with E-state index in [9.17, 15) is 4.79 Å². The van der Waals surface area contributed by atoms with Crippen molar-refractivity contribution in [3.8, 4) is 0 Å². The largest absolute Gasteiger partial charge is 0.381 e. The Labute approximate surface area is 126 Å². The fraction of sp³-hybridized carbons (Fsp3) is 0.533. The lowest BCUT2D eigenvalue weighted by Gasteiger charge is -2.27. The Kier molecular flexibility index (Phi) is 6.46. The Balaban J connectivity index is 0.00000200. The first kappa shape index (κ1) is 17.0. The molecular formula is C15H23ClN2O2. The van der Waals surface area contributed by atoms with Crippen molar-refractivity contribution < 1.29 is 9.53 Å². The molecule has 5 heteroatoms. The third-order valence-corrected chi connectivity index (χ3v) is 3.65. The van der Waals surface area contributed by atoms with Crippen molar-refractivity contribution in [3.63, 3.8) is 0 Å². The van der Waals surface area contributed by atoms with Gasteiger partial charge in [-0.1, -0.05) is 30.3 Å². The van der Waals surface area contributed by atoms with Crippen molar-refractivity contribution >= 4 is 18.3 Å². The monoisotopic (exact) mass is 298 g/mol. The van der Waals surface area contributed by atoms with E-state index in [0.29, 0.717) is 12.5 Å². The van der Waals surface area contributed by atoms with E-state index < -0.39 is 5.54 Å². The molecule has 0 bridgehead atoms. The number of halogens is 1. The highest BCUT2D eigenvalue weighted by Crippen LogP contribution is 2.18. The molecule has 2 atom stereocenters. The minimum absolute atomic E-state index is 0. The summed E-state index contributed by atoms with van der Waals surface area (Å²) >= 11 is 0. The number of carbonyl (C=O) groups is 1. The van der Waals surface area contributed by atoms with Crippen LogP contribution in [0.2, 0.25) is 0 Å². The van der Waals surface area contributed by atoms with Crippen molar-refractivity contribution in [1.29, 1.82) is 0 Å². The van der Waals surface area contributed by atoms with Crippen molar-refractivity contribution in [2.45, 2.75) is 25.3 Å². The van der Waals surface area contributed by atoms with Gasteiger partial charge in [-0.25, -0.2) is 0 Å². The van der Waals surface area contributed by atoms with Crippen molar-refractivity contribution in [2.75, 3.05) is 19.8 Å². The second-order valence-electron chi connectivity index (χ2n) is 5.36. The third-order valence-electron chi connectivity index (χ3n) is 3.65. The van der Waals surface area contributed by atoms with Crippen LogP contribution in [0.3, 0.4) is 0 Å². The fourth-order valence-corrected chi connectivity index (χ4v) is 2.30. The molecule has 112 valence electrons. The van der Waals surface area contributed by atoms with Crippen LogP contribution in [0.25, 0.3) is 0 Å². The number of amides is 1. The number of hydrogen-bond donors (Lipinski definition) is 2. The molecule has 0 saturated carbocycles. The maximum atomic E-state index is 12.2. The molecule has 1 aliphatic rings. The van der Waals surface area contributed by atoms with Gasteiger partial charge in [-0.2, -0.15) is 0 Å². The zero-order chi connectivity index (χ0) is 13.7. The van der Waals surface area contributed by atoms with Crippen LogP contribution in [-0.2, 0) is 15.1 Å². The maximum absolute atomic E-state index is 12.2. The highest BCUT2D eigenvalue weighted by molar-refractivity contribution is 5.87. The molecule has 3 N–H and O–H groups in total. The van der Waals surface area contributed by atoms with E-state index in [1.54, 1.807) is 6.92 Å². The Morgan fingerprint density at radius 2 is 2.15 bits per heavy atom. The molecule has 1 amide bonds. The summed E-state index contributed by atoms with van der Waals surface area (Å²) in [5.74, 6) is 0.272. The molecule has 1 fully saturated rings. The van der Waals surface area contributed by atoms with Crippen molar-refractivity contribution in [1.82, 2.24) is 5.32 Å². The van der Waals surface area contributed by atoms with E-state index >= 15 is 0 Å². The number of rotatable bonds is 4. The predicted molar refractivity (Wildman–Crippen MR) is 81.8 cm³/mol. The van der Waals surface area contributed by atoms with Gasteiger partial charge in [-0.05, 0) is 31.2 Å². The lowest BCUT2D eigenvalue weighted by molar-refractivity contribution is -0.126. The van der Waals surface area contributed by atoms with Crippen molar-refractivity contribution in [3.05, 3.63) is 35.9 Å². The average molecular weight is 299 g/mol. The van der Waals surface area contributed by atoms with Crippen LogP contribution in [0.5, 0.6) is 0 Å². The van der Waals surface area contributed by atoms with E-state index in [0.717, 1.165) is 31.6 Å². The zero-order valence-corrected chi connectivity index (χ0v) is 12.6. The minimum atomic E-state index is -0.989. The van der Waals surface area contributed by atoms with Crippen molar-refractivity contribution in [2.24, 2.45) is 11.7 Å². The summed E-state index contributed by atoms with van der Waals surface area (Å²) < 4.78 is 5.40. The first-order valence-corrected chi connectivity index (χ1v) is 6.81. The SMILES string of the molecule is CC(N)(C(=O)NCC1CCCOC1)c1ccccc1.Cl. The van der Waals surface area contributed by atoms with Crippen LogP contribution in [0.4, 0.5) is 0 Å². The van der Waals surface area contributed by atoms with Crippen LogP contribution in [0.15, 0.2) is 30.3 Å². The Hall–Kier alpha value is -1.10. The first-order valence-electron chi connectivity index (χ1n) is 6.81. The molecule has 0 aliphatic carbocycles. The van der Waals surface area contributed by atoms with E-state index in [2.05, 4.69) is 5.32 Å². The Bertz CT molecular complexity index is 417. The summed E-state index contributed by atoms with van der Waals surface area (Å²) in [6, 6.07) is 9.45.